The lowest BCUT2D eigenvalue weighted by Crippen LogP contribution is -2.41. The topological polar surface area (TPSA) is 21.3 Å². The molecule has 0 saturated heterocycles. The van der Waals surface area contributed by atoms with Crippen LogP contribution in [0.3, 0.4) is 0 Å². The van der Waals surface area contributed by atoms with Crippen molar-refractivity contribution in [2.45, 2.75) is 52.2 Å². The van der Waals surface area contributed by atoms with Crippen LogP contribution in [0.15, 0.2) is 24.3 Å². The van der Waals surface area contributed by atoms with E-state index in [1.807, 2.05) is 7.05 Å². The summed E-state index contributed by atoms with van der Waals surface area (Å²) in [6.45, 7) is 7.20. The lowest BCUT2D eigenvalue weighted by Gasteiger charge is -2.26. The van der Waals surface area contributed by atoms with E-state index in [-0.39, 0.29) is 0 Å². The van der Waals surface area contributed by atoms with Gasteiger partial charge in [-0.05, 0) is 39.3 Å². The molecule has 2 atom stereocenters. The molecule has 0 amide bonds. The summed E-state index contributed by atoms with van der Waals surface area (Å²) in [7, 11) is 2.03. The molecule has 102 valence electrons. The maximum Gasteiger partial charge on any atom is 0.0730 e. The van der Waals surface area contributed by atoms with Crippen LogP contribution in [0.25, 0.3) is 0 Å². The van der Waals surface area contributed by atoms with Crippen molar-refractivity contribution in [2.75, 3.05) is 13.7 Å². The first kappa shape index (κ1) is 15.2. The molecule has 0 aliphatic rings. The minimum absolute atomic E-state index is 0.311. The second-order valence-electron chi connectivity index (χ2n) is 4.87. The number of rotatable bonds is 8. The zero-order chi connectivity index (χ0) is 13.4. The summed E-state index contributed by atoms with van der Waals surface area (Å²) in [6.07, 6.45) is 3.62. The molecule has 1 rings (SSSR count). The zero-order valence-electron chi connectivity index (χ0n) is 12.2. The van der Waals surface area contributed by atoms with Gasteiger partial charge in [-0.3, -0.25) is 0 Å². The Morgan fingerprint density at radius 2 is 1.83 bits per heavy atom. The summed E-state index contributed by atoms with van der Waals surface area (Å²) >= 11 is 0. The first-order chi connectivity index (χ1) is 8.71. The maximum atomic E-state index is 5.87. The summed E-state index contributed by atoms with van der Waals surface area (Å²) in [5, 5.41) is 3.41. The molecule has 0 aromatic heterocycles. The summed E-state index contributed by atoms with van der Waals surface area (Å²) in [6, 6.07) is 9.19. The quantitative estimate of drug-likeness (QED) is 0.763. The van der Waals surface area contributed by atoms with Crippen molar-refractivity contribution >= 4 is 0 Å². The van der Waals surface area contributed by atoms with Crippen LogP contribution in [-0.2, 0) is 11.2 Å². The van der Waals surface area contributed by atoms with Gasteiger partial charge in [0.05, 0.1) is 6.10 Å². The van der Waals surface area contributed by atoms with Crippen LogP contribution in [0.2, 0.25) is 0 Å². The Hall–Kier alpha value is -0.860. The van der Waals surface area contributed by atoms with Crippen molar-refractivity contribution in [2.24, 2.45) is 0 Å². The molecule has 2 unspecified atom stereocenters. The third-order valence-corrected chi connectivity index (χ3v) is 3.35. The number of likely N-dealkylation sites (N-methyl/N-ethyl adjacent to an activating group) is 1. The highest BCUT2D eigenvalue weighted by atomic mass is 16.5. The molecule has 0 fully saturated rings. The van der Waals surface area contributed by atoms with E-state index in [0.29, 0.717) is 12.1 Å². The van der Waals surface area contributed by atoms with Crippen LogP contribution >= 0.6 is 0 Å². The van der Waals surface area contributed by atoms with Crippen LogP contribution in [0.4, 0.5) is 0 Å². The fourth-order valence-electron chi connectivity index (χ4n) is 2.30. The molecule has 0 bridgehead atoms. The van der Waals surface area contributed by atoms with Gasteiger partial charge in [0, 0.05) is 12.6 Å². The van der Waals surface area contributed by atoms with Gasteiger partial charge in [-0.25, -0.2) is 0 Å². The number of hydrogen-bond donors (Lipinski definition) is 1. The predicted molar refractivity (Wildman–Crippen MR) is 78.1 cm³/mol. The summed E-state index contributed by atoms with van der Waals surface area (Å²) in [5.41, 5.74) is 2.69. The Morgan fingerprint density at radius 3 is 2.33 bits per heavy atom. The van der Waals surface area contributed by atoms with Gasteiger partial charge < -0.3 is 10.1 Å². The van der Waals surface area contributed by atoms with Gasteiger partial charge in [-0.1, -0.05) is 43.2 Å². The Bertz CT molecular complexity index is 314. The maximum absolute atomic E-state index is 5.87. The third kappa shape index (κ3) is 4.79. The molecule has 1 aromatic carbocycles. The van der Waals surface area contributed by atoms with Crippen LogP contribution in [0.5, 0.6) is 0 Å². The minimum atomic E-state index is 0.311. The van der Waals surface area contributed by atoms with Gasteiger partial charge in [0.1, 0.15) is 0 Å². The molecule has 2 nitrogen and oxygen atoms in total. The Labute approximate surface area is 112 Å². The molecule has 0 saturated carbocycles. The fraction of sp³-hybridized carbons (Fsp3) is 0.625. The second kappa shape index (κ2) is 8.28. The van der Waals surface area contributed by atoms with Crippen molar-refractivity contribution < 1.29 is 4.74 Å². The Balaban J connectivity index is 2.66. The van der Waals surface area contributed by atoms with E-state index in [4.69, 9.17) is 4.74 Å². The highest BCUT2D eigenvalue weighted by Gasteiger charge is 2.19. The van der Waals surface area contributed by atoms with Gasteiger partial charge in [0.25, 0.3) is 0 Å². The molecule has 2 heteroatoms. The van der Waals surface area contributed by atoms with E-state index in [1.165, 1.54) is 11.1 Å². The molecule has 0 aliphatic heterocycles. The van der Waals surface area contributed by atoms with E-state index < -0.39 is 0 Å². The first-order valence-electron chi connectivity index (χ1n) is 7.05. The average molecular weight is 249 g/mol. The lowest BCUT2D eigenvalue weighted by molar-refractivity contribution is 0.0301. The molecule has 0 aliphatic carbocycles. The van der Waals surface area contributed by atoms with E-state index in [9.17, 15) is 0 Å². The zero-order valence-corrected chi connectivity index (χ0v) is 12.2. The number of aryl methyl sites for hydroxylation is 1. The molecular formula is C16H27NO. The van der Waals surface area contributed by atoms with Crippen molar-refractivity contribution in [1.82, 2.24) is 5.32 Å². The first-order valence-corrected chi connectivity index (χ1v) is 7.05. The standard InChI is InChI=1S/C16H27NO/c1-5-7-16(18-6-2)15(17-4)12-14-10-8-13(3)9-11-14/h8-11,15-17H,5-7,12H2,1-4H3. The molecule has 18 heavy (non-hydrogen) atoms. The Morgan fingerprint density at radius 1 is 1.17 bits per heavy atom. The monoisotopic (exact) mass is 249 g/mol. The van der Waals surface area contributed by atoms with E-state index >= 15 is 0 Å². The second-order valence-corrected chi connectivity index (χ2v) is 4.87. The molecular weight excluding hydrogens is 222 g/mol. The van der Waals surface area contributed by atoms with E-state index in [0.717, 1.165) is 25.9 Å². The largest absolute Gasteiger partial charge is 0.377 e. The summed E-state index contributed by atoms with van der Waals surface area (Å²) < 4.78 is 5.87. The van der Waals surface area contributed by atoms with Crippen LogP contribution in [0.1, 0.15) is 37.8 Å². The third-order valence-electron chi connectivity index (χ3n) is 3.35. The number of nitrogens with one attached hydrogen (secondary N) is 1. The van der Waals surface area contributed by atoms with Gasteiger partial charge >= 0.3 is 0 Å². The number of ether oxygens (including phenoxy) is 1. The normalized spacial score (nSPS) is 14.4. The van der Waals surface area contributed by atoms with E-state index in [1.54, 1.807) is 0 Å². The van der Waals surface area contributed by atoms with Crippen LogP contribution < -0.4 is 5.32 Å². The van der Waals surface area contributed by atoms with E-state index in [2.05, 4.69) is 50.4 Å². The molecule has 0 heterocycles. The highest BCUT2D eigenvalue weighted by molar-refractivity contribution is 5.22. The smallest absolute Gasteiger partial charge is 0.0730 e. The number of hydrogen-bond acceptors (Lipinski definition) is 2. The van der Waals surface area contributed by atoms with Gasteiger partial charge in [-0.2, -0.15) is 0 Å². The molecule has 1 aromatic rings. The van der Waals surface area contributed by atoms with Crippen molar-refractivity contribution in [3.05, 3.63) is 35.4 Å². The molecule has 1 N–H and O–H groups in total. The predicted octanol–water partition coefficient (Wildman–Crippen LogP) is 3.33. The highest BCUT2D eigenvalue weighted by Crippen LogP contribution is 2.13. The van der Waals surface area contributed by atoms with Gasteiger partial charge in [-0.15, -0.1) is 0 Å². The average Bonchev–Trinajstić information content (AvgIpc) is 2.38. The lowest BCUT2D eigenvalue weighted by atomic mass is 9.98. The van der Waals surface area contributed by atoms with Crippen LogP contribution in [-0.4, -0.2) is 25.8 Å². The summed E-state index contributed by atoms with van der Waals surface area (Å²) in [4.78, 5) is 0. The van der Waals surface area contributed by atoms with Crippen molar-refractivity contribution in [3.63, 3.8) is 0 Å². The minimum Gasteiger partial charge on any atom is -0.377 e. The number of benzene rings is 1. The van der Waals surface area contributed by atoms with Crippen molar-refractivity contribution in [1.29, 1.82) is 0 Å². The molecule has 0 radical (unpaired) electrons. The van der Waals surface area contributed by atoms with Crippen LogP contribution in [0, 0.1) is 6.92 Å². The van der Waals surface area contributed by atoms with Crippen molar-refractivity contribution in [3.8, 4) is 0 Å². The fourth-order valence-corrected chi connectivity index (χ4v) is 2.30. The molecule has 0 spiro atoms. The Kier molecular flexibility index (Phi) is 6.99. The SMILES string of the molecule is CCCC(OCC)C(Cc1ccc(C)cc1)NC. The summed E-state index contributed by atoms with van der Waals surface area (Å²) in [5.74, 6) is 0. The van der Waals surface area contributed by atoms with Gasteiger partial charge in [0.2, 0.25) is 0 Å². The van der Waals surface area contributed by atoms with Gasteiger partial charge in [0.15, 0.2) is 0 Å².